The molecule has 28 heavy (non-hydrogen) atoms. The Kier molecular flexibility index (Phi) is 8.35. The van der Waals surface area contributed by atoms with E-state index in [4.69, 9.17) is 11.6 Å². The molecule has 0 spiro atoms. The molecule has 1 amide bonds. The van der Waals surface area contributed by atoms with Gasteiger partial charge in [0.15, 0.2) is 8.68 Å². The highest BCUT2D eigenvalue weighted by atomic mass is 79.9. The van der Waals surface area contributed by atoms with Gasteiger partial charge in [-0.25, -0.2) is 5.43 Å². The molecule has 0 aliphatic heterocycles. The number of rotatable bonds is 8. The monoisotopic (exact) mass is 512 g/mol. The van der Waals surface area contributed by atoms with Gasteiger partial charge in [0.1, 0.15) is 0 Å². The van der Waals surface area contributed by atoms with Crippen molar-refractivity contribution in [3.8, 4) is 0 Å². The van der Waals surface area contributed by atoms with Crippen molar-refractivity contribution in [2.24, 2.45) is 5.10 Å². The second kappa shape index (κ2) is 11.0. The first-order valence-corrected chi connectivity index (χ1v) is 12.0. The van der Waals surface area contributed by atoms with Crippen LogP contribution in [0.25, 0.3) is 0 Å². The lowest BCUT2D eigenvalue weighted by molar-refractivity contribution is -0.118. The predicted molar refractivity (Wildman–Crippen MR) is 122 cm³/mol. The summed E-state index contributed by atoms with van der Waals surface area (Å²) in [7, 11) is 0. The van der Waals surface area contributed by atoms with Gasteiger partial charge in [-0.3, -0.25) is 4.79 Å². The fraction of sp³-hybridized carbons (Fsp3) is 0.111. The quantitative estimate of drug-likeness (QED) is 0.245. The topological polar surface area (TPSA) is 67.2 Å². The molecule has 1 heterocycles. The number of aromatic nitrogens is 2. The Balaban J connectivity index is 1.40. The molecule has 2 aromatic carbocycles. The molecule has 3 aromatic rings. The van der Waals surface area contributed by atoms with E-state index in [1.165, 1.54) is 28.7 Å². The van der Waals surface area contributed by atoms with Gasteiger partial charge in [-0.05, 0) is 35.4 Å². The third-order valence-electron chi connectivity index (χ3n) is 3.26. The fourth-order valence-corrected chi connectivity index (χ4v) is 5.09. The molecule has 10 heteroatoms. The van der Waals surface area contributed by atoms with Gasteiger partial charge in [-0.1, -0.05) is 86.7 Å². The third kappa shape index (κ3) is 7.21. The summed E-state index contributed by atoms with van der Waals surface area (Å²) in [5.41, 5.74) is 4.59. The summed E-state index contributed by atoms with van der Waals surface area (Å²) >= 11 is 13.7. The van der Waals surface area contributed by atoms with Crippen LogP contribution in [0.2, 0.25) is 5.02 Å². The number of hydrogen-bond donors (Lipinski definition) is 1. The zero-order valence-corrected chi connectivity index (χ0v) is 19.1. The summed E-state index contributed by atoms with van der Waals surface area (Å²) in [6.45, 7) is 0. The molecular formula is C18H14BrClN4OS3. The molecular weight excluding hydrogens is 500 g/mol. The average molecular weight is 514 g/mol. The highest BCUT2D eigenvalue weighted by Crippen LogP contribution is 2.30. The average Bonchev–Trinajstić information content (AvgIpc) is 3.15. The summed E-state index contributed by atoms with van der Waals surface area (Å²) < 4.78 is 2.62. The van der Waals surface area contributed by atoms with E-state index in [1.54, 1.807) is 18.0 Å². The zero-order chi connectivity index (χ0) is 19.8. The van der Waals surface area contributed by atoms with Crippen molar-refractivity contribution < 1.29 is 4.79 Å². The minimum absolute atomic E-state index is 0.191. The number of halogens is 2. The fourth-order valence-electron chi connectivity index (χ4n) is 1.93. The van der Waals surface area contributed by atoms with E-state index in [0.717, 1.165) is 29.5 Å². The minimum atomic E-state index is -0.191. The van der Waals surface area contributed by atoms with Crippen molar-refractivity contribution in [1.82, 2.24) is 15.6 Å². The first-order chi connectivity index (χ1) is 13.6. The minimum Gasteiger partial charge on any atom is -0.272 e. The molecule has 0 atom stereocenters. The van der Waals surface area contributed by atoms with Crippen LogP contribution in [0.5, 0.6) is 0 Å². The van der Waals surface area contributed by atoms with Crippen molar-refractivity contribution in [3.63, 3.8) is 0 Å². The summed E-state index contributed by atoms with van der Waals surface area (Å²) in [4.78, 5) is 11.9. The number of thioether (sulfide) groups is 2. The zero-order valence-electron chi connectivity index (χ0n) is 14.3. The Morgan fingerprint density at radius 1 is 1.11 bits per heavy atom. The number of hydrogen-bond acceptors (Lipinski definition) is 7. The van der Waals surface area contributed by atoms with Crippen LogP contribution in [-0.4, -0.2) is 28.1 Å². The van der Waals surface area contributed by atoms with Crippen LogP contribution >= 0.6 is 62.4 Å². The van der Waals surface area contributed by atoms with Crippen LogP contribution in [0, 0.1) is 0 Å². The molecule has 0 fully saturated rings. The van der Waals surface area contributed by atoms with Gasteiger partial charge in [-0.15, -0.1) is 10.2 Å². The normalized spacial score (nSPS) is 11.1. The Morgan fingerprint density at radius 2 is 1.79 bits per heavy atom. The number of carbonyl (C=O) groups is 1. The largest absolute Gasteiger partial charge is 0.272 e. The molecule has 0 bridgehead atoms. The maximum absolute atomic E-state index is 11.9. The molecule has 5 nitrogen and oxygen atoms in total. The van der Waals surface area contributed by atoms with E-state index >= 15 is 0 Å². The van der Waals surface area contributed by atoms with Gasteiger partial charge in [0, 0.05) is 15.2 Å². The summed E-state index contributed by atoms with van der Waals surface area (Å²) in [6.07, 6.45) is 1.60. The van der Waals surface area contributed by atoms with Crippen LogP contribution in [0.4, 0.5) is 0 Å². The lowest BCUT2D eigenvalue weighted by Gasteiger charge is -1.98. The summed E-state index contributed by atoms with van der Waals surface area (Å²) in [5.74, 6) is 0.833. The maximum Gasteiger partial charge on any atom is 0.250 e. The number of benzene rings is 2. The van der Waals surface area contributed by atoms with Crippen LogP contribution in [0.1, 0.15) is 11.1 Å². The molecule has 144 valence electrons. The second-order valence-corrected chi connectivity index (χ2v) is 10.2. The van der Waals surface area contributed by atoms with Crippen molar-refractivity contribution in [1.29, 1.82) is 0 Å². The molecule has 0 saturated carbocycles. The van der Waals surface area contributed by atoms with E-state index in [0.29, 0.717) is 0 Å². The number of carbonyl (C=O) groups excluding carboxylic acids is 1. The second-order valence-electron chi connectivity index (χ2n) is 5.38. The predicted octanol–water partition coefficient (Wildman–Crippen LogP) is 5.49. The van der Waals surface area contributed by atoms with Crippen molar-refractivity contribution >= 4 is 74.5 Å². The van der Waals surface area contributed by atoms with Crippen molar-refractivity contribution in [2.75, 3.05) is 5.75 Å². The molecule has 0 aliphatic rings. The van der Waals surface area contributed by atoms with Crippen LogP contribution in [0.15, 0.2) is 66.8 Å². The molecule has 1 aromatic heterocycles. The van der Waals surface area contributed by atoms with E-state index in [-0.39, 0.29) is 11.7 Å². The van der Waals surface area contributed by atoms with E-state index in [1.807, 2.05) is 48.5 Å². The van der Waals surface area contributed by atoms with Gasteiger partial charge in [0.25, 0.3) is 5.91 Å². The Labute approximate surface area is 188 Å². The highest BCUT2D eigenvalue weighted by molar-refractivity contribution is 9.10. The van der Waals surface area contributed by atoms with Crippen molar-refractivity contribution in [2.45, 2.75) is 14.4 Å². The number of nitrogens with one attached hydrogen (secondary N) is 1. The van der Waals surface area contributed by atoms with Gasteiger partial charge in [-0.2, -0.15) is 5.10 Å². The van der Waals surface area contributed by atoms with E-state index in [9.17, 15) is 4.79 Å². The summed E-state index contributed by atoms with van der Waals surface area (Å²) in [6, 6.07) is 15.4. The number of amides is 1. The van der Waals surface area contributed by atoms with E-state index in [2.05, 4.69) is 36.7 Å². The molecule has 0 radical (unpaired) electrons. The molecule has 3 rings (SSSR count). The van der Waals surface area contributed by atoms with Gasteiger partial charge < -0.3 is 0 Å². The van der Waals surface area contributed by atoms with Gasteiger partial charge in [0.05, 0.1) is 12.0 Å². The Bertz CT molecular complexity index is 948. The summed E-state index contributed by atoms with van der Waals surface area (Å²) in [5, 5.41) is 13.0. The van der Waals surface area contributed by atoms with Crippen LogP contribution in [0.3, 0.4) is 0 Å². The number of hydrazone groups is 1. The Hall–Kier alpha value is -1.39. The van der Waals surface area contributed by atoms with Gasteiger partial charge in [0.2, 0.25) is 0 Å². The first-order valence-electron chi connectivity index (χ1n) is 7.99. The van der Waals surface area contributed by atoms with Crippen molar-refractivity contribution in [3.05, 3.63) is 69.2 Å². The molecule has 0 unspecified atom stereocenters. The number of nitrogens with zero attached hydrogens (tertiary/aromatic N) is 3. The van der Waals surface area contributed by atoms with Gasteiger partial charge >= 0.3 is 0 Å². The maximum atomic E-state index is 11.9. The SMILES string of the molecule is O=C(CSc1nnc(SCc2ccc(Cl)cc2)s1)N/N=C/c1ccc(Br)cc1. The van der Waals surface area contributed by atoms with Crippen LogP contribution < -0.4 is 5.43 Å². The molecule has 0 saturated heterocycles. The lowest BCUT2D eigenvalue weighted by Crippen LogP contribution is -2.19. The first kappa shape index (κ1) is 21.3. The lowest BCUT2D eigenvalue weighted by atomic mass is 10.2. The highest BCUT2D eigenvalue weighted by Gasteiger charge is 2.08. The smallest absolute Gasteiger partial charge is 0.250 e. The third-order valence-corrected chi connectivity index (χ3v) is 7.30. The molecule has 1 N–H and O–H groups in total. The molecule has 0 aliphatic carbocycles. The van der Waals surface area contributed by atoms with E-state index < -0.39 is 0 Å². The Morgan fingerprint density at radius 3 is 2.50 bits per heavy atom. The standard InChI is InChI=1S/C18H14BrClN4OS3/c19-14-5-1-12(2-6-14)9-21-22-16(25)11-27-18-24-23-17(28-18)26-10-13-3-7-15(20)8-4-13/h1-9H,10-11H2,(H,22,25)/b21-9+. The van der Waals surface area contributed by atoms with Crippen LogP contribution in [-0.2, 0) is 10.5 Å².